The Morgan fingerprint density at radius 2 is 2.06 bits per heavy atom. The number of hydrogen-bond donors (Lipinski definition) is 1. The maximum atomic E-state index is 4.45. The van der Waals surface area contributed by atoms with Gasteiger partial charge in [0.25, 0.3) is 0 Å². The molecule has 0 amide bonds. The highest BCUT2D eigenvalue weighted by Gasteiger charge is 2.24. The molecule has 0 saturated heterocycles. The van der Waals surface area contributed by atoms with Gasteiger partial charge in [-0.1, -0.05) is 32.3 Å². The smallest absolute Gasteiger partial charge is 0.0372 e. The number of pyridine rings is 1. The van der Waals surface area contributed by atoms with E-state index in [4.69, 9.17) is 0 Å². The highest BCUT2D eigenvalue weighted by atomic mass is 14.9. The van der Waals surface area contributed by atoms with Gasteiger partial charge in [-0.3, -0.25) is 4.98 Å². The minimum Gasteiger partial charge on any atom is -0.314 e. The van der Waals surface area contributed by atoms with E-state index in [1.54, 1.807) is 0 Å². The maximum Gasteiger partial charge on any atom is 0.0372 e. The molecule has 1 heterocycles. The molecule has 1 aliphatic rings. The van der Waals surface area contributed by atoms with Gasteiger partial charge < -0.3 is 5.32 Å². The van der Waals surface area contributed by atoms with Gasteiger partial charge in [0.1, 0.15) is 0 Å². The van der Waals surface area contributed by atoms with E-state index in [0.717, 1.165) is 12.2 Å². The Morgan fingerprint density at radius 3 is 2.76 bits per heavy atom. The van der Waals surface area contributed by atoms with Crippen molar-refractivity contribution in [2.24, 2.45) is 0 Å². The Hall–Kier alpha value is -0.890. The predicted octanol–water partition coefficient (Wildman–Crippen LogP) is 3.42. The molecule has 0 aliphatic heterocycles. The number of hydrogen-bond acceptors (Lipinski definition) is 2. The minimum atomic E-state index is 0.645. The van der Waals surface area contributed by atoms with Crippen molar-refractivity contribution in [3.8, 4) is 0 Å². The topological polar surface area (TPSA) is 24.9 Å². The lowest BCUT2D eigenvalue weighted by Crippen LogP contribution is -2.34. The van der Waals surface area contributed by atoms with Gasteiger partial charge in [0.15, 0.2) is 0 Å². The molecule has 0 aromatic carbocycles. The summed E-state index contributed by atoms with van der Waals surface area (Å²) in [5, 5.41) is 3.66. The molecule has 0 bridgehead atoms. The van der Waals surface area contributed by atoms with Crippen molar-refractivity contribution in [3.63, 3.8) is 0 Å². The molecule has 0 spiro atoms. The summed E-state index contributed by atoms with van der Waals surface area (Å²) in [7, 11) is 0. The second-order valence-corrected chi connectivity index (χ2v) is 5.14. The van der Waals surface area contributed by atoms with Crippen molar-refractivity contribution in [1.29, 1.82) is 0 Å². The molecule has 17 heavy (non-hydrogen) atoms. The van der Waals surface area contributed by atoms with Gasteiger partial charge in [-0.05, 0) is 37.9 Å². The van der Waals surface area contributed by atoms with Crippen molar-refractivity contribution in [1.82, 2.24) is 10.3 Å². The Bertz CT molecular complexity index is 331. The van der Waals surface area contributed by atoms with Crippen molar-refractivity contribution in [2.45, 2.75) is 57.9 Å². The van der Waals surface area contributed by atoms with Crippen LogP contribution in [0.25, 0.3) is 0 Å². The van der Waals surface area contributed by atoms with Crippen LogP contribution in [0.5, 0.6) is 0 Å². The van der Waals surface area contributed by atoms with E-state index >= 15 is 0 Å². The molecule has 1 aromatic rings. The molecule has 0 radical (unpaired) electrons. The molecular weight excluding hydrogens is 208 g/mol. The zero-order valence-electron chi connectivity index (χ0n) is 11.1. The fraction of sp³-hybridized carbons (Fsp3) is 0.667. The predicted molar refractivity (Wildman–Crippen MR) is 72.3 cm³/mol. The summed E-state index contributed by atoms with van der Waals surface area (Å²) in [6.07, 6.45) is 8.82. The van der Waals surface area contributed by atoms with E-state index in [9.17, 15) is 0 Å². The molecule has 2 heteroatoms. The van der Waals surface area contributed by atoms with Crippen LogP contribution in [-0.2, 0) is 0 Å². The molecule has 2 nitrogen and oxygen atoms in total. The van der Waals surface area contributed by atoms with Crippen LogP contribution < -0.4 is 5.32 Å². The summed E-state index contributed by atoms with van der Waals surface area (Å²) in [6, 6.07) is 5.05. The molecule has 2 unspecified atom stereocenters. The van der Waals surface area contributed by atoms with Gasteiger partial charge in [0.2, 0.25) is 0 Å². The fourth-order valence-electron chi connectivity index (χ4n) is 2.91. The first kappa shape index (κ1) is 12.6. The molecule has 2 rings (SSSR count). The summed E-state index contributed by atoms with van der Waals surface area (Å²) >= 11 is 0. The average molecular weight is 232 g/mol. The normalized spacial score (nSPS) is 25.5. The van der Waals surface area contributed by atoms with E-state index in [0.29, 0.717) is 12.0 Å². The van der Waals surface area contributed by atoms with E-state index in [-0.39, 0.29) is 0 Å². The third kappa shape index (κ3) is 3.29. The second-order valence-electron chi connectivity index (χ2n) is 5.14. The van der Waals surface area contributed by atoms with Crippen LogP contribution >= 0.6 is 0 Å². The molecule has 1 N–H and O–H groups in total. The minimum absolute atomic E-state index is 0.645. The number of nitrogens with zero attached hydrogens (tertiary/aromatic N) is 1. The zero-order chi connectivity index (χ0) is 12.1. The number of rotatable bonds is 3. The fourth-order valence-corrected chi connectivity index (χ4v) is 2.91. The number of aromatic nitrogens is 1. The highest BCUT2D eigenvalue weighted by Crippen LogP contribution is 2.31. The van der Waals surface area contributed by atoms with Crippen LogP contribution in [0.15, 0.2) is 18.3 Å². The van der Waals surface area contributed by atoms with Crippen LogP contribution in [0.2, 0.25) is 0 Å². The zero-order valence-corrected chi connectivity index (χ0v) is 11.1. The molecule has 1 aromatic heterocycles. The summed E-state index contributed by atoms with van der Waals surface area (Å²) in [4.78, 5) is 4.45. The molecule has 94 valence electrons. The summed E-state index contributed by atoms with van der Waals surface area (Å²) < 4.78 is 0. The molecule has 1 fully saturated rings. The standard InChI is InChI=1S/C15H24N2/c1-3-16-15-8-6-4-5-7-14(15)13-10-9-12(2)17-11-13/h9-11,14-16H,3-8H2,1-2H3. The van der Waals surface area contributed by atoms with Gasteiger partial charge in [-0.15, -0.1) is 0 Å². The van der Waals surface area contributed by atoms with Crippen molar-refractivity contribution in [2.75, 3.05) is 6.54 Å². The third-order valence-electron chi connectivity index (χ3n) is 3.84. The lowest BCUT2D eigenvalue weighted by molar-refractivity contribution is 0.418. The lowest BCUT2D eigenvalue weighted by atomic mass is 9.88. The SMILES string of the molecule is CCNC1CCCCCC1c1ccc(C)nc1. The van der Waals surface area contributed by atoms with Crippen LogP contribution in [0, 0.1) is 6.92 Å². The summed E-state index contributed by atoms with van der Waals surface area (Å²) in [5.41, 5.74) is 2.53. The van der Waals surface area contributed by atoms with Crippen molar-refractivity contribution >= 4 is 0 Å². The Labute approximate surface area is 105 Å². The quantitative estimate of drug-likeness (QED) is 0.808. The maximum absolute atomic E-state index is 4.45. The van der Waals surface area contributed by atoms with Gasteiger partial charge in [-0.2, -0.15) is 0 Å². The van der Waals surface area contributed by atoms with Crippen LogP contribution in [0.4, 0.5) is 0 Å². The van der Waals surface area contributed by atoms with E-state index in [1.165, 1.54) is 37.7 Å². The van der Waals surface area contributed by atoms with Gasteiger partial charge >= 0.3 is 0 Å². The number of nitrogens with one attached hydrogen (secondary N) is 1. The first-order valence-corrected chi connectivity index (χ1v) is 6.97. The summed E-state index contributed by atoms with van der Waals surface area (Å²) in [6.45, 7) is 5.33. The molecule has 1 saturated carbocycles. The van der Waals surface area contributed by atoms with Gasteiger partial charge in [-0.25, -0.2) is 0 Å². The molecular formula is C15H24N2. The Morgan fingerprint density at radius 1 is 1.24 bits per heavy atom. The van der Waals surface area contributed by atoms with E-state index < -0.39 is 0 Å². The first-order chi connectivity index (χ1) is 8.31. The number of likely N-dealkylation sites (N-methyl/N-ethyl adjacent to an activating group) is 1. The van der Waals surface area contributed by atoms with Crippen molar-refractivity contribution in [3.05, 3.63) is 29.6 Å². The van der Waals surface area contributed by atoms with Crippen molar-refractivity contribution < 1.29 is 0 Å². The van der Waals surface area contributed by atoms with E-state index in [2.05, 4.69) is 42.5 Å². The van der Waals surface area contributed by atoms with Gasteiger partial charge in [0, 0.05) is 23.9 Å². The molecule has 2 atom stereocenters. The van der Waals surface area contributed by atoms with Crippen LogP contribution in [0.1, 0.15) is 56.2 Å². The Kier molecular flexibility index (Phi) is 4.55. The summed E-state index contributed by atoms with van der Waals surface area (Å²) in [5.74, 6) is 0.658. The van der Waals surface area contributed by atoms with Gasteiger partial charge in [0.05, 0.1) is 0 Å². The average Bonchev–Trinajstić information content (AvgIpc) is 2.56. The third-order valence-corrected chi connectivity index (χ3v) is 3.84. The van der Waals surface area contributed by atoms with Crippen LogP contribution in [-0.4, -0.2) is 17.6 Å². The van der Waals surface area contributed by atoms with E-state index in [1.807, 2.05) is 0 Å². The number of aryl methyl sites for hydroxylation is 1. The largest absolute Gasteiger partial charge is 0.314 e. The van der Waals surface area contributed by atoms with Crippen LogP contribution in [0.3, 0.4) is 0 Å². The Balaban J connectivity index is 2.16. The lowest BCUT2D eigenvalue weighted by Gasteiger charge is -2.26. The highest BCUT2D eigenvalue weighted by molar-refractivity contribution is 5.20. The monoisotopic (exact) mass is 232 g/mol. The molecule has 1 aliphatic carbocycles. The second kappa shape index (κ2) is 6.15. The first-order valence-electron chi connectivity index (χ1n) is 6.97.